The number of aryl methyl sites for hydroxylation is 1. The summed E-state index contributed by atoms with van der Waals surface area (Å²) in [5.74, 6) is 0. The predicted molar refractivity (Wildman–Crippen MR) is 73.8 cm³/mol. The van der Waals surface area contributed by atoms with Crippen molar-refractivity contribution in [3.63, 3.8) is 0 Å². The van der Waals surface area contributed by atoms with Crippen LogP contribution in [-0.4, -0.2) is 22.9 Å². The minimum absolute atomic E-state index is 0.00509. The zero-order chi connectivity index (χ0) is 12.8. The Labute approximate surface area is 107 Å². The van der Waals surface area contributed by atoms with Gasteiger partial charge in [-0.05, 0) is 38.1 Å². The predicted octanol–water partition coefficient (Wildman–Crippen LogP) is 1.79. The largest absolute Gasteiger partial charge is 0.317 e. The normalized spacial score (nSPS) is 10.9. The van der Waals surface area contributed by atoms with Gasteiger partial charge < -0.3 is 5.32 Å². The van der Waals surface area contributed by atoms with Crippen molar-refractivity contribution in [2.45, 2.75) is 26.3 Å². The maximum absolute atomic E-state index is 11.7. The average Bonchev–Trinajstić information content (AvgIpc) is 2.41. The zero-order valence-electron chi connectivity index (χ0n) is 10.7. The quantitative estimate of drug-likeness (QED) is 0.789. The Morgan fingerprint density at radius 2 is 2.11 bits per heavy atom. The van der Waals surface area contributed by atoms with Crippen LogP contribution in [0, 0.1) is 0 Å². The molecule has 0 atom stereocenters. The van der Waals surface area contributed by atoms with Crippen LogP contribution >= 0.6 is 0 Å². The van der Waals surface area contributed by atoms with Gasteiger partial charge in [0.25, 0.3) is 0 Å². The Morgan fingerprint density at radius 3 is 2.94 bits per heavy atom. The van der Waals surface area contributed by atoms with E-state index >= 15 is 0 Å². The highest BCUT2D eigenvalue weighted by Crippen LogP contribution is 2.08. The van der Waals surface area contributed by atoms with Crippen LogP contribution in [0.5, 0.6) is 0 Å². The molecular weight excluding hydrogens is 226 g/mol. The monoisotopic (exact) mass is 245 g/mol. The molecule has 1 heterocycles. The molecule has 4 nitrogen and oxygen atoms in total. The van der Waals surface area contributed by atoms with E-state index < -0.39 is 0 Å². The summed E-state index contributed by atoms with van der Waals surface area (Å²) in [6.07, 6.45) is 3.59. The summed E-state index contributed by atoms with van der Waals surface area (Å²) in [7, 11) is 0. The van der Waals surface area contributed by atoms with E-state index in [0.717, 1.165) is 43.4 Å². The van der Waals surface area contributed by atoms with Crippen LogP contribution < -0.4 is 10.7 Å². The Kier molecular flexibility index (Phi) is 4.47. The second kappa shape index (κ2) is 6.31. The van der Waals surface area contributed by atoms with Crippen molar-refractivity contribution < 1.29 is 0 Å². The summed E-state index contributed by atoms with van der Waals surface area (Å²) < 4.78 is 1.92. The molecule has 96 valence electrons. The van der Waals surface area contributed by atoms with E-state index in [1.807, 2.05) is 28.9 Å². The topological polar surface area (TPSA) is 46.9 Å². The molecule has 18 heavy (non-hydrogen) atoms. The van der Waals surface area contributed by atoms with Gasteiger partial charge in [0, 0.05) is 11.9 Å². The highest BCUT2D eigenvalue weighted by Gasteiger charge is 2.02. The molecule has 0 fully saturated rings. The van der Waals surface area contributed by atoms with E-state index in [9.17, 15) is 4.79 Å². The molecule has 0 radical (unpaired) electrons. The van der Waals surface area contributed by atoms with Gasteiger partial charge in [0.05, 0.1) is 11.7 Å². The molecule has 0 bridgehead atoms. The maximum atomic E-state index is 11.7. The minimum atomic E-state index is -0.00509. The second-order valence-electron chi connectivity index (χ2n) is 4.31. The van der Waals surface area contributed by atoms with Gasteiger partial charge in [-0.15, -0.1) is 0 Å². The van der Waals surface area contributed by atoms with Crippen LogP contribution in [0.4, 0.5) is 0 Å². The van der Waals surface area contributed by atoms with Crippen molar-refractivity contribution in [2.75, 3.05) is 13.1 Å². The summed E-state index contributed by atoms with van der Waals surface area (Å²) in [6, 6.07) is 7.64. The lowest BCUT2D eigenvalue weighted by Gasteiger charge is -2.08. The van der Waals surface area contributed by atoms with Crippen LogP contribution in [0.3, 0.4) is 0 Å². The first-order valence-electron chi connectivity index (χ1n) is 6.48. The third-order valence-corrected chi connectivity index (χ3v) is 2.99. The molecule has 0 aliphatic carbocycles. The van der Waals surface area contributed by atoms with Crippen molar-refractivity contribution in [1.82, 2.24) is 15.1 Å². The fourth-order valence-electron chi connectivity index (χ4n) is 2.03. The molecular formula is C14H19N3O. The number of hydrogen-bond donors (Lipinski definition) is 1. The molecule has 1 aromatic carbocycles. The number of benzene rings is 1. The lowest BCUT2D eigenvalue weighted by atomic mass is 10.2. The average molecular weight is 245 g/mol. The second-order valence-corrected chi connectivity index (χ2v) is 4.31. The number of para-hydroxylation sites is 1. The number of nitrogens with one attached hydrogen (secondary N) is 1. The lowest BCUT2D eigenvalue weighted by Crippen LogP contribution is -2.16. The van der Waals surface area contributed by atoms with Gasteiger partial charge in [0.2, 0.25) is 5.43 Å². The number of hydrogen-bond acceptors (Lipinski definition) is 3. The van der Waals surface area contributed by atoms with Crippen LogP contribution in [0.25, 0.3) is 10.9 Å². The van der Waals surface area contributed by atoms with Gasteiger partial charge in [0.1, 0.15) is 0 Å². The van der Waals surface area contributed by atoms with Gasteiger partial charge >= 0.3 is 0 Å². The van der Waals surface area contributed by atoms with Crippen LogP contribution in [0.2, 0.25) is 0 Å². The molecule has 4 heteroatoms. The standard InChI is InChI=1S/C14H19N3O/c1-2-15-9-5-6-10-17-13-8-4-3-7-12(13)14(18)11-16-17/h3-4,7-8,11,15H,2,5-6,9-10H2,1H3. The third-order valence-electron chi connectivity index (χ3n) is 2.99. The smallest absolute Gasteiger partial charge is 0.207 e. The first-order chi connectivity index (χ1) is 8.83. The van der Waals surface area contributed by atoms with E-state index in [2.05, 4.69) is 17.3 Å². The number of fused-ring (bicyclic) bond motifs is 1. The molecule has 0 spiro atoms. The molecule has 0 aliphatic rings. The lowest BCUT2D eigenvalue weighted by molar-refractivity contribution is 0.545. The van der Waals surface area contributed by atoms with E-state index in [1.54, 1.807) is 0 Å². The molecule has 0 unspecified atom stereocenters. The van der Waals surface area contributed by atoms with Crippen molar-refractivity contribution in [1.29, 1.82) is 0 Å². The van der Waals surface area contributed by atoms with Crippen LogP contribution in [0.15, 0.2) is 35.3 Å². The molecule has 1 N–H and O–H groups in total. The molecule has 1 aromatic heterocycles. The van der Waals surface area contributed by atoms with E-state index in [0.29, 0.717) is 0 Å². The molecule has 0 aliphatic heterocycles. The van der Waals surface area contributed by atoms with Crippen LogP contribution in [0.1, 0.15) is 19.8 Å². The summed E-state index contributed by atoms with van der Waals surface area (Å²) in [5, 5.41) is 8.26. The minimum Gasteiger partial charge on any atom is -0.317 e. The van der Waals surface area contributed by atoms with Gasteiger partial charge in [0.15, 0.2) is 0 Å². The van der Waals surface area contributed by atoms with Gasteiger partial charge in [-0.1, -0.05) is 19.1 Å². The molecule has 0 amide bonds. The Bertz CT molecular complexity index is 562. The van der Waals surface area contributed by atoms with E-state index in [1.165, 1.54) is 6.20 Å². The molecule has 0 saturated heterocycles. The van der Waals surface area contributed by atoms with Gasteiger partial charge in [-0.2, -0.15) is 5.10 Å². The fourth-order valence-corrected chi connectivity index (χ4v) is 2.03. The first-order valence-corrected chi connectivity index (χ1v) is 6.48. The number of aromatic nitrogens is 2. The van der Waals surface area contributed by atoms with Crippen molar-refractivity contribution >= 4 is 10.9 Å². The van der Waals surface area contributed by atoms with Gasteiger partial charge in [-0.3, -0.25) is 9.48 Å². The number of unbranched alkanes of at least 4 members (excludes halogenated alkanes) is 1. The summed E-state index contributed by atoms with van der Waals surface area (Å²) >= 11 is 0. The number of nitrogens with zero attached hydrogens (tertiary/aromatic N) is 2. The first kappa shape index (κ1) is 12.8. The summed E-state index contributed by atoms with van der Waals surface area (Å²) in [6.45, 7) is 5.01. The van der Waals surface area contributed by atoms with Crippen molar-refractivity contribution in [3.8, 4) is 0 Å². The summed E-state index contributed by atoms with van der Waals surface area (Å²) in [4.78, 5) is 11.7. The Balaban J connectivity index is 2.09. The third kappa shape index (κ3) is 2.96. The van der Waals surface area contributed by atoms with E-state index in [-0.39, 0.29) is 5.43 Å². The maximum Gasteiger partial charge on any atom is 0.207 e. The molecule has 2 aromatic rings. The van der Waals surface area contributed by atoms with Crippen molar-refractivity contribution in [3.05, 3.63) is 40.7 Å². The fraction of sp³-hybridized carbons (Fsp3) is 0.429. The zero-order valence-corrected chi connectivity index (χ0v) is 10.7. The van der Waals surface area contributed by atoms with E-state index in [4.69, 9.17) is 0 Å². The summed E-state index contributed by atoms with van der Waals surface area (Å²) in [5.41, 5.74) is 0.919. The molecule has 0 saturated carbocycles. The highest BCUT2D eigenvalue weighted by molar-refractivity contribution is 5.77. The SMILES string of the molecule is CCNCCCCn1ncc(=O)c2ccccc21. The Hall–Kier alpha value is -1.68. The Morgan fingerprint density at radius 1 is 1.28 bits per heavy atom. The van der Waals surface area contributed by atoms with Gasteiger partial charge in [-0.25, -0.2) is 0 Å². The number of rotatable bonds is 6. The highest BCUT2D eigenvalue weighted by atomic mass is 16.1. The van der Waals surface area contributed by atoms with Crippen molar-refractivity contribution in [2.24, 2.45) is 0 Å². The molecule has 2 rings (SSSR count). The van der Waals surface area contributed by atoms with Crippen LogP contribution in [-0.2, 0) is 6.54 Å².